The normalized spacial score (nSPS) is 15.9. The molecule has 346 valence electrons. The number of carbonyl (C=O) groups is 1. The molecule has 0 aromatic heterocycles. The minimum absolute atomic E-state index is 0.00990. The van der Waals surface area contributed by atoms with Gasteiger partial charge in [0.1, 0.15) is 21.6 Å². The summed E-state index contributed by atoms with van der Waals surface area (Å²) in [6.45, 7) is 6.52. The molecule has 66 heavy (non-hydrogen) atoms. The number of nitro groups is 2. The second-order valence-electron chi connectivity index (χ2n) is 16.4. The standard InChI is InChI=1S/C47H48N4O13S2/c1-32(2)43-27-35(40-22-20-38(28-44(40)64-43)48(30-33-12-16-36(17-13-33)50(54)55)31-34-14-18-37(19-15-34)51(56)57)9-5-4-6-10-45-47(3,24-7-11-46(52)53)41-29-39(66(61,62)63)21-23-42(41)49(45)25-8-26-65(58,59)60/h4-6,9-10,12-23,27-29,32H,7-8,11,24-26,30-31H2,1-3H3,(H2-,52,53,58,59,60,61,62,63)/p-1. The lowest BCUT2D eigenvalue weighted by Gasteiger charge is -2.30. The van der Waals surface area contributed by atoms with E-state index >= 15 is 0 Å². The molecule has 0 amide bonds. The molecule has 6 rings (SSSR count). The van der Waals surface area contributed by atoms with E-state index in [1.807, 2.05) is 48.8 Å². The molecule has 3 aliphatic rings. The number of fused-ring (bicyclic) bond motifs is 2. The molecular weight excluding hydrogens is 893 g/mol. The first kappa shape index (κ1) is 48.7. The van der Waals surface area contributed by atoms with Gasteiger partial charge in [-0.15, -0.1) is 0 Å². The third kappa shape index (κ3) is 11.9. The summed E-state index contributed by atoms with van der Waals surface area (Å²) in [6.07, 6.45) is 9.15. The minimum Gasteiger partial charge on any atom is -0.748 e. The highest BCUT2D eigenvalue weighted by Gasteiger charge is 2.43. The summed E-state index contributed by atoms with van der Waals surface area (Å²) in [5.41, 5.74) is 3.61. The number of hydrogen-bond acceptors (Lipinski definition) is 13. The first-order chi connectivity index (χ1) is 31.1. The first-order valence-corrected chi connectivity index (χ1v) is 23.8. The van der Waals surface area contributed by atoms with Crippen molar-refractivity contribution in [1.82, 2.24) is 4.58 Å². The van der Waals surface area contributed by atoms with Gasteiger partial charge in [0.2, 0.25) is 5.36 Å². The molecule has 0 radical (unpaired) electrons. The molecule has 0 saturated carbocycles. The Balaban J connectivity index is 1.39. The molecule has 1 aliphatic carbocycles. The predicted octanol–water partition coefficient (Wildman–Crippen LogP) is 7.82. The SMILES string of the molecule is CC(C)c1cc(/C=C/C=C/C=C2/N(CCCS(=O)(=O)[O-])c3ccc(S(=O)(=O)[O-])cc3C2(C)CCCC(=O)O)c2ccc(=[N+](Cc3ccc([N+](=O)[O-])cc3)Cc3ccc([N+](=O)[O-])cc3)cc-2o1. The van der Waals surface area contributed by atoms with Gasteiger partial charge in [-0.2, -0.15) is 0 Å². The fourth-order valence-electron chi connectivity index (χ4n) is 8.02. The number of anilines is 1. The van der Waals surface area contributed by atoms with Crippen LogP contribution in [-0.2, 0) is 43.5 Å². The number of carboxylic acids is 1. The Labute approximate surface area is 381 Å². The van der Waals surface area contributed by atoms with Crippen LogP contribution in [0, 0.1) is 20.2 Å². The van der Waals surface area contributed by atoms with E-state index in [9.17, 15) is 56.1 Å². The molecule has 0 bridgehead atoms. The molecule has 1 atom stereocenters. The van der Waals surface area contributed by atoms with Crippen molar-refractivity contribution in [2.24, 2.45) is 0 Å². The van der Waals surface area contributed by atoms with Gasteiger partial charge in [0.05, 0.1) is 30.9 Å². The predicted molar refractivity (Wildman–Crippen MR) is 244 cm³/mol. The van der Waals surface area contributed by atoms with Crippen LogP contribution in [-0.4, -0.2) is 59.2 Å². The molecule has 0 fully saturated rings. The molecule has 17 nitrogen and oxygen atoms in total. The number of non-ortho nitro benzene ring substituents is 2. The quantitative estimate of drug-likeness (QED) is 0.0272. The zero-order chi connectivity index (χ0) is 48.0. The molecule has 2 aliphatic heterocycles. The van der Waals surface area contributed by atoms with Crippen molar-refractivity contribution < 1.29 is 50.1 Å². The summed E-state index contributed by atoms with van der Waals surface area (Å²) in [5.74, 6) is -0.427. The van der Waals surface area contributed by atoms with E-state index < -0.39 is 52.1 Å². The van der Waals surface area contributed by atoms with Gasteiger partial charge in [-0.05, 0) is 98.0 Å². The van der Waals surface area contributed by atoms with E-state index in [1.54, 1.807) is 60.4 Å². The van der Waals surface area contributed by atoms with Crippen LogP contribution >= 0.6 is 0 Å². The maximum Gasteiger partial charge on any atom is 0.303 e. The number of hydrogen-bond donors (Lipinski definition) is 1. The van der Waals surface area contributed by atoms with Gasteiger partial charge in [0.25, 0.3) is 11.4 Å². The average molecular weight is 940 g/mol. The second-order valence-corrected chi connectivity index (χ2v) is 19.3. The highest BCUT2D eigenvalue weighted by molar-refractivity contribution is 7.86. The van der Waals surface area contributed by atoms with Crippen molar-refractivity contribution in [3.05, 3.63) is 175 Å². The van der Waals surface area contributed by atoms with Gasteiger partial charge in [0.15, 0.2) is 13.1 Å². The van der Waals surface area contributed by atoms with E-state index in [1.165, 1.54) is 36.4 Å². The zero-order valence-corrected chi connectivity index (χ0v) is 37.9. The van der Waals surface area contributed by atoms with Crippen LogP contribution in [0.4, 0.5) is 17.1 Å². The maximum atomic E-state index is 12.1. The van der Waals surface area contributed by atoms with Crippen LogP contribution in [0.15, 0.2) is 130 Å². The summed E-state index contributed by atoms with van der Waals surface area (Å²) in [7, 11) is -9.42. The number of nitrogens with zero attached hydrogens (tertiary/aromatic N) is 4. The summed E-state index contributed by atoms with van der Waals surface area (Å²) in [4.78, 5) is 34.5. The van der Waals surface area contributed by atoms with Gasteiger partial charge in [-0.1, -0.05) is 38.2 Å². The number of aliphatic carboxylic acids is 1. The molecule has 3 aromatic rings. The van der Waals surface area contributed by atoms with Crippen molar-refractivity contribution >= 4 is 49.3 Å². The Morgan fingerprint density at radius 3 is 1.98 bits per heavy atom. The van der Waals surface area contributed by atoms with Crippen molar-refractivity contribution in [2.45, 2.75) is 75.8 Å². The van der Waals surface area contributed by atoms with E-state index in [4.69, 9.17) is 4.42 Å². The van der Waals surface area contributed by atoms with Crippen LogP contribution in [0.25, 0.3) is 17.4 Å². The van der Waals surface area contributed by atoms with E-state index in [0.717, 1.165) is 33.7 Å². The van der Waals surface area contributed by atoms with Crippen molar-refractivity contribution in [2.75, 3.05) is 17.2 Å². The maximum absolute atomic E-state index is 12.1. The zero-order valence-electron chi connectivity index (χ0n) is 36.2. The molecule has 19 heteroatoms. The summed E-state index contributed by atoms with van der Waals surface area (Å²) in [6, 6.07) is 24.0. The fourth-order valence-corrected chi connectivity index (χ4v) is 9.00. The Morgan fingerprint density at radius 1 is 0.818 bits per heavy atom. The lowest BCUT2D eigenvalue weighted by atomic mass is 9.77. The van der Waals surface area contributed by atoms with Gasteiger partial charge in [-0.25, -0.2) is 21.4 Å². The van der Waals surface area contributed by atoms with Crippen LogP contribution in [0.5, 0.6) is 0 Å². The van der Waals surface area contributed by atoms with Crippen LogP contribution in [0.1, 0.15) is 80.4 Å². The van der Waals surface area contributed by atoms with Gasteiger partial charge in [0, 0.05) is 88.5 Å². The third-order valence-electron chi connectivity index (χ3n) is 11.4. The van der Waals surface area contributed by atoms with Crippen molar-refractivity contribution in [3.8, 4) is 11.3 Å². The minimum atomic E-state index is -4.87. The van der Waals surface area contributed by atoms with Crippen LogP contribution in [0.2, 0.25) is 0 Å². The third-order valence-corrected chi connectivity index (χ3v) is 13.0. The number of carboxylic acid groups (broad SMARTS) is 1. The number of allylic oxidation sites excluding steroid dienone is 5. The molecular formula is C47H47N4O13S2-. The Morgan fingerprint density at radius 2 is 1.44 bits per heavy atom. The Kier molecular flexibility index (Phi) is 14.9. The lowest BCUT2D eigenvalue weighted by molar-refractivity contribution is -0.385. The first-order valence-electron chi connectivity index (χ1n) is 20.8. The molecule has 0 spiro atoms. The smallest absolute Gasteiger partial charge is 0.303 e. The monoisotopic (exact) mass is 939 g/mol. The van der Waals surface area contributed by atoms with Gasteiger partial charge in [-0.3, -0.25) is 25.0 Å². The lowest BCUT2D eigenvalue weighted by Crippen LogP contribution is -2.30. The Bertz CT molecular complexity index is 2950. The molecule has 2 heterocycles. The molecule has 0 saturated heterocycles. The van der Waals surface area contributed by atoms with Crippen LogP contribution < -0.4 is 14.8 Å². The fraction of sp³-hybridized carbons (Fsp3) is 0.277. The summed E-state index contributed by atoms with van der Waals surface area (Å²) < 4.78 is 79.4. The van der Waals surface area contributed by atoms with Gasteiger partial charge < -0.3 is 23.5 Å². The molecule has 1 unspecified atom stereocenters. The molecule has 3 aromatic carbocycles. The molecule has 1 N–H and O–H groups in total. The van der Waals surface area contributed by atoms with E-state index in [2.05, 4.69) is 0 Å². The van der Waals surface area contributed by atoms with Crippen molar-refractivity contribution in [1.29, 1.82) is 0 Å². The number of nitro benzene ring substituents is 2. The summed E-state index contributed by atoms with van der Waals surface area (Å²) in [5, 5.41) is 32.8. The van der Waals surface area contributed by atoms with Gasteiger partial charge >= 0.3 is 5.97 Å². The van der Waals surface area contributed by atoms with Crippen molar-refractivity contribution in [3.63, 3.8) is 0 Å². The van der Waals surface area contributed by atoms with E-state index in [0.29, 0.717) is 41.6 Å². The average Bonchev–Trinajstić information content (AvgIpc) is 3.47. The van der Waals surface area contributed by atoms with Crippen LogP contribution in [0.3, 0.4) is 0 Å². The summed E-state index contributed by atoms with van der Waals surface area (Å²) >= 11 is 0. The second kappa shape index (κ2) is 20.2. The Hall–Kier alpha value is -6.80. The number of benzene rings is 4. The topological polar surface area (TPSA) is 257 Å². The highest BCUT2D eigenvalue weighted by Crippen LogP contribution is 2.51. The van der Waals surface area contributed by atoms with E-state index in [-0.39, 0.29) is 49.5 Å². The largest absolute Gasteiger partial charge is 0.748 e. The highest BCUT2D eigenvalue weighted by atomic mass is 32.2. The number of rotatable bonds is 19.